The second-order valence-electron chi connectivity index (χ2n) is 5.26. The third-order valence-electron chi connectivity index (χ3n) is 3.52. The molecule has 24 heavy (non-hydrogen) atoms. The first kappa shape index (κ1) is 21.7. The number of ether oxygens (including phenoxy) is 1. The van der Waals surface area contributed by atoms with E-state index in [2.05, 4.69) is 5.32 Å². The molecule has 0 aliphatic heterocycles. The fourth-order valence-corrected chi connectivity index (χ4v) is 5.07. The molecule has 7 heteroatoms. The van der Waals surface area contributed by atoms with Gasteiger partial charge in [0.15, 0.2) is 0 Å². The van der Waals surface area contributed by atoms with Crippen LogP contribution in [0.5, 0.6) is 0 Å². The summed E-state index contributed by atoms with van der Waals surface area (Å²) < 4.78 is 29.7. The van der Waals surface area contributed by atoms with E-state index in [4.69, 9.17) is 13.8 Å². The van der Waals surface area contributed by atoms with Gasteiger partial charge in [-0.2, -0.15) is 11.8 Å². The maximum absolute atomic E-state index is 13.2. The number of nitrogens with one attached hydrogen (secondary N) is 1. The normalized spacial score (nSPS) is 14.5. The standard InChI is InChI=1S/C17H30NO4PS/c1-5-21-23(19,22-6-2)17(12-13-24-4)18-16(14-20-3)15-10-8-7-9-11-15/h7-11,16-18H,5-6,12-14H2,1-4H3/t16-,17+/m0/s1. The van der Waals surface area contributed by atoms with E-state index in [-0.39, 0.29) is 11.8 Å². The van der Waals surface area contributed by atoms with Crippen LogP contribution in [0.15, 0.2) is 30.3 Å². The first-order valence-electron chi connectivity index (χ1n) is 8.28. The van der Waals surface area contributed by atoms with Gasteiger partial charge in [0, 0.05) is 7.11 Å². The van der Waals surface area contributed by atoms with Gasteiger partial charge < -0.3 is 13.8 Å². The molecule has 1 aromatic rings. The molecule has 138 valence electrons. The van der Waals surface area contributed by atoms with E-state index in [1.807, 2.05) is 50.4 Å². The first-order chi connectivity index (χ1) is 11.6. The summed E-state index contributed by atoms with van der Waals surface area (Å²) in [4.78, 5) is 0. The van der Waals surface area contributed by atoms with E-state index >= 15 is 0 Å². The summed E-state index contributed by atoms with van der Waals surface area (Å²) in [6.07, 6.45) is 2.73. The molecule has 0 unspecified atom stereocenters. The van der Waals surface area contributed by atoms with E-state index in [0.29, 0.717) is 26.2 Å². The molecule has 0 aliphatic carbocycles. The van der Waals surface area contributed by atoms with Crippen LogP contribution in [0.1, 0.15) is 31.9 Å². The Morgan fingerprint density at radius 2 is 1.79 bits per heavy atom. The molecule has 0 aliphatic rings. The van der Waals surface area contributed by atoms with Crippen molar-refractivity contribution < 1.29 is 18.3 Å². The van der Waals surface area contributed by atoms with Crippen LogP contribution in [0.4, 0.5) is 0 Å². The van der Waals surface area contributed by atoms with Crippen LogP contribution in [-0.2, 0) is 18.3 Å². The fourth-order valence-electron chi connectivity index (χ4n) is 2.46. The Bertz CT molecular complexity index is 479. The molecule has 1 rings (SSSR count). The Hall–Kier alpha value is -0.360. The van der Waals surface area contributed by atoms with E-state index in [1.165, 1.54) is 0 Å². The van der Waals surface area contributed by atoms with E-state index < -0.39 is 7.60 Å². The highest BCUT2D eigenvalue weighted by atomic mass is 32.2. The predicted octanol–water partition coefficient (Wildman–Crippen LogP) is 4.31. The lowest BCUT2D eigenvalue weighted by atomic mass is 10.1. The van der Waals surface area contributed by atoms with Crippen LogP contribution >= 0.6 is 19.4 Å². The van der Waals surface area contributed by atoms with Gasteiger partial charge in [-0.05, 0) is 37.8 Å². The van der Waals surface area contributed by atoms with Gasteiger partial charge in [0.25, 0.3) is 0 Å². The minimum Gasteiger partial charge on any atom is -0.383 e. The minimum absolute atomic E-state index is 0.0720. The predicted molar refractivity (Wildman–Crippen MR) is 102 cm³/mol. The van der Waals surface area contributed by atoms with Crippen molar-refractivity contribution in [3.63, 3.8) is 0 Å². The number of methoxy groups -OCH3 is 1. The third kappa shape index (κ3) is 6.87. The molecule has 0 radical (unpaired) electrons. The molecular weight excluding hydrogens is 345 g/mol. The Kier molecular flexibility index (Phi) is 10.9. The molecule has 5 nitrogen and oxygen atoms in total. The van der Waals surface area contributed by atoms with Crippen molar-refractivity contribution in [1.29, 1.82) is 0 Å². The molecular formula is C17H30NO4PS. The number of rotatable bonds is 13. The molecule has 2 atom stereocenters. The van der Waals surface area contributed by atoms with Crippen LogP contribution in [0.2, 0.25) is 0 Å². The summed E-state index contributed by atoms with van der Waals surface area (Å²) in [5, 5.41) is 3.46. The van der Waals surface area contributed by atoms with Gasteiger partial charge in [-0.3, -0.25) is 9.88 Å². The summed E-state index contributed by atoms with van der Waals surface area (Å²) in [5.74, 6) is 0.501. The zero-order valence-corrected chi connectivity index (χ0v) is 16.8. The summed E-state index contributed by atoms with van der Waals surface area (Å²) in [5.41, 5.74) is 1.09. The van der Waals surface area contributed by atoms with Crippen molar-refractivity contribution in [3.8, 4) is 0 Å². The van der Waals surface area contributed by atoms with Gasteiger partial charge in [0.2, 0.25) is 0 Å². The minimum atomic E-state index is -3.24. The van der Waals surface area contributed by atoms with E-state index in [1.54, 1.807) is 18.9 Å². The maximum atomic E-state index is 13.2. The third-order valence-corrected chi connectivity index (χ3v) is 6.57. The van der Waals surface area contributed by atoms with E-state index in [9.17, 15) is 4.57 Å². The highest BCUT2D eigenvalue weighted by Gasteiger charge is 2.36. The van der Waals surface area contributed by atoms with Crippen LogP contribution < -0.4 is 5.32 Å². The summed E-state index contributed by atoms with van der Waals surface area (Å²) >= 11 is 1.72. The highest BCUT2D eigenvalue weighted by molar-refractivity contribution is 7.98. The van der Waals surface area contributed by atoms with Gasteiger partial charge in [-0.1, -0.05) is 30.3 Å². The highest BCUT2D eigenvalue weighted by Crippen LogP contribution is 2.53. The number of benzene rings is 1. The van der Waals surface area contributed by atoms with Gasteiger partial charge in [0.05, 0.1) is 25.9 Å². The van der Waals surface area contributed by atoms with Crippen LogP contribution in [-0.4, -0.2) is 44.7 Å². The number of hydrogen-bond acceptors (Lipinski definition) is 6. The molecule has 0 heterocycles. The number of thioether (sulfide) groups is 1. The van der Waals surface area contributed by atoms with Gasteiger partial charge in [0.1, 0.15) is 5.78 Å². The maximum Gasteiger partial charge on any atom is 0.347 e. The monoisotopic (exact) mass is 375 g/mol. The Morgan fingerprint density at radius 1 is 1.17 bits per heavy atom. The van der Waals surface area contributed by atoms with Crippen molar-refractivity contribution >= 4 is 19.4 Å². The van der Waals surface area contributed by atoms with Crippen molar-refractivity contribution in [2.45, 2.75) is 32.1 Å². The second-order valence-corrected chi connectivity index (χ2v) is 8.46. The molecule has 0 aromatic heterocycles. The molecule has 0 fully saturated rings. The van der Waals surface area contributed by atoms with Crippen LogP contribution in [0, 0.1) is 0 Å². The summed E-state index contributed by atoms with van der Waals surface area (Å²) in [7, 11) is -1.57. The molecule has 0 bridgehead atoms. The van der Waals surface area contributed by atoms with Crippen molar-refractivity contribution in [2.24, 2.45) is 0 Å². The van der Waals surface area contributed by atoms with Gasteiger partial charge >= 0.3 is 7.60 Å². The fraction of sp³-hybridized carbons (Fsp3) is 0.647. The van der Waals surface area contributed by atoms with Crippen molar-refractivity contribution in [1.82, 2.24) is 5.32 Å². The smallest absolute Gasteiger partial charge is 0.347 e. The lowest BCUT2D eigenvalue weighted by molar-refractivity contribution is 0.157. The summed E-state index contributed by atoms with van der Waals surface area (Å²) in [6, 6.07) is 9.95. The molecule has 0 amide bonds. The zero-order valence-electron chi connectivity index (χ0n) is 15.1. The Balaban J connectivity index is 3.01. The SMILES string of the molecule is CCOP(=O)(OCC)[C@H](CCSC)N[C@@H](COC)c1ccccc1. The molecule has 1 N–H and O–H groups in total. The molecule has 1 aromatic carbocycles. The largest absolute Gasteiger partial charge is 0.383 e. The quantitative estimate of drug-likeness (QED) is 0.519. The Labute approximate surface area is 150 Å². The zero-order chi connectivity index (χ0) is 17.8. The van der Waals surface area contributed by atoms with Crippen LogP contribution in [0.3, 0.4) is 0 Å². The average Bonchev–Trinajstić information content (AvgIpc) is 2.58. The topological polar surface area (TPSA) is 56.8 Å². The molecule has 0 spiro atoms. The second kappa shape index (κ2) is 12.1. The Morgan fingerprint density at radius 3 is 2.29 bits per heavy atom. The summed E-state index contributed by atoms with van der Waals surface area (Å²) in [6.45, 7) is 4.87. The van der Waals surface area contributed by atoms with E-state index in [0.717, 1.165) is 11.3 Å². The first-order valence-corrected chi connectivity index (χ1v) is 11.3. The van der Waals surface area contributed by atoms with Crippen molar-refractivity contribution in [3.05, 3.63) is 35.9 Å². The molecule has 0 saturated carbocycles. The number of hydrogen-bond donors (Lipinski definition) is 1. The lowest BCUT2D eigenvalue weighted by Crippen LogP contribution is -2.36. The molecule has 0 saturated heterocycles. The van der Waals surface area contributed by atoms with Gasteiger partial charge in [-0.15, -0.1) is 0 Å². The van der Waals surface area contributed by atoms with Crippen molar-refractivity contribution in [2.75, 3.05) is 38.9 Å². The van der Waals surface area contributed by atoms with Gasteiger partial charge in [-0.25, -0.2) is 0 Å². The average molecular weight is 375 g/mol. The lowest BCUT2D eigenvalue weighted by Gasteiger charge is -2.31. The van der Waals surface area contributed by atoms with Crippen LogP contribution in [0.25, 0.3) is 0 Å².